The highest BCUT2D eigenvalue weighted by Crippen LogP contribution is 2.23. The van der Waals surface area contributed by atoms with Crippen molar-refractivity contribution in [2.75, 3.05) is 33.3 Å². The predicted octanol–water partition coefficient (Wildman–Crippen LogP) is 3.05. The molecule has 0 radical (unpaired) electrons. The first-order valence-electron chi connectivity index (χ1n) is 10.2. The van der Waals surface area contributed by atoms with Crippen LogP contribution in [-0.4, -0.2) is 66.4 Å². The number of nitrogens with one attached hydrogen (secondary N) is 1. The molecule has 29 heavy (non-hydrogen) atoms. The average molecular weight is 398 g/mol. The topological polar surface area (TPSA) is 65.0 Å². The van der Waals surface area contributed by atoms with E-state index >= 15 is 0 Å². The molecule has 1 saturated heterocycles. The van der Waals surface area contributed by atoms with Gasteiger partial charge in [-0.2, -0.15) is 0 Å². The second-order valence-corrected chi connectivity index (χ2v) is 7.54. The fraction of sp³-hybridized carbons (Fsp3) is 0.435. The van der Waals surface area contributed by atoms with Crippen LogP contribution in [0.2, 0.25) is 0 Å². The number of nitrogens with zero attached hydrogens (tertiary/aromatic N) is 2. The van der Waals surface area contributed by atoms with E-state index < -0.39 is 6.09 Å². The Morgan fingerprint density at radius 2 is 1.69 bits per heavy atom. The van der Waals surface area contributed by atoms with Crippen LogP contribution >= 0.6 is 0 Å². The van der Waals surface area contributed by atoms with Crippen molar-refractivity contribution in [3.8, 4) is 0 Å². The lowest BCUT2D eigenvalue weighted by Gasteiger charge is -2.43. The molecular formula is C23H31N3O3. The van der Waals surface area contributed by atoms with Crippen LogP contribution in [0.25, 0.3) is 0 Å². The van der Waals surface area contributed by atoms with Crippen LogP contribution in [0.15, 0.2) is 60.7 Å². The minimum Gasteiger partial charge on any atom is -0.465 e. The summed E-state index contributed by atoms with van der Waals surface area (Å²) in [5, 5.41) is 11.2. The van der Waals surface area contributed by atoms with Crippen molar-refractivity contribution in [2.45, 2.75) is 31.7 Å². The number of hydrogen-bond donors (Lipinski definition) is 2. The Morgan fingerprint density at radius 1 is 1.10 bits per heavy atom. The predicted molar refractivity (Wildman–Crippen MR) is 114 cm³/mol. The summed E-state index contributed by atoms with van der Waals surface area (Å²) in [4.78, 5) is 15.5. The summed E-state index contributed by atoms with van der Waals surface area (Å²) >= 11 is 0. The molecule has 0 unspecified atom stereocenters. The van der Waals surface area contributed by atoms with Crippen molar-refractivity contribution in [1.82, 2.24) is 15.1 Å². The van der Waals surface area contributed by atoms with Crippen LogP contribution in [0.1, 0.15) is 17.5 Å². The molecule has 2 aromatic rings. The van der Waals surface area contributed by atoms with Gasteiger partial charge in [-0.15, -0.1) is 0 Å². The van der Waals surface area contributed by atoms with E-state index in [1.807, 2.05) is 12.1 Å². The maximum absolute atomic E-state index is 10.7. The first kappa shape index (κ1) is 21.3. The SMILES string of the molecule is CO[C@@H]1CN(CCNC(=O)O)CC[C@@H]1N(Cc1ccccc1)Cc1ccccc1. The maximum Gasteiger partial charge on any atom is 0.404 e. The van der Waals surface area contributed by atoms with Gasteiger partial charge in [-0.1, -0.05) is 60.7 Å². The lowest BCUT2D eigenvalue weighted by molar-refractivity contribution is -0.0431. The molecule has 0 aliphatic carbocycles. The molecule has 0 spiro atoms. The molecule has 1 fully saturated rings. The number of carbonyl (C=O) groups is 1. The van der Waals surface area contributed by atoms with Gasteiger partial charge in [0.05, 0.1) is 6.10 Å². The van der Waals surface area contributed by atoms with E-state index in [-0.39, 0.29) is 6.10 Å². The Balaban J connectivity index is 1.69. The Kier molecular flexibility index (Phi) is 8.04. The van der Waals surface area contributed by atoms with Crippen molar-refractivity contribution < 1.29 is 14.6 Å². The van der Waals surface area contributed by atoms with E-state index in [0.717, 1.165) is 32.6 Å². The zero-order chi connectivity index (χ0) is 20.5. The van der Waals surface area contributed by atoms with Crippen LogP contribution in [0, 0.1) is 0 Å². The summed E-state index contributed by atoms with van der Waals surface area (Å²) < 4.78 is 5.90. The third kappa shape index (κ3) is 6.56. The Bertz CT molecular complexity index is 700. The summed E-state index contributed by atoms with van der Waals surface area (Å²) in [6.45, 7) is 4.64. The molecule has 2 N–H and O–H groups in total. The quantitative estimate of drug-likeness (QED) is 0.681. The summed E-state index contributed by atoms with van der Waals surface area (Å²) in [6.07, 6.45) is 0.103. The van der Waals surface area contributed by atoms with Crippen LogP contribution in [0.4, 0.5) is 4.79 Å². The lowest BCUT2D eigenvalue weighted by Crippen LogP contribution is -2.55. The van der Waals surface area contributed by atoms with E-state index in [1.165, 1.54) is 11.1 Å². The fourth-order valence-corrected chi connectivity index (χ4v) is 4.07. The maximum atomic E-state index is 10.7. The van der Waals surface area contributed by atoms with Crippen molar-refractivity contribution >= 4 is 6.09 Å². The first-order chi connectivity index (χ1) is 14.2. The standard InChI is InChI=1S/C23H31N3O3/c1-29-22-18-25(15-13-24-23(27)28)14-12-21(22)26(16-19-8-4-2-5-9-19)17-20-10-6-3-7-11-20/h2-11,21-22,24H,12-18H2,1H3,(H,27,28)/t21-,22+/m0/s1. The Morgan fingerprint density at radius 3 is 2.21 bits per heavy atom. The van der Waals surface area contributed by atoms with E-state index in [1.54, 1.807) is 7.11 Å². The third-order valence-electron chi connectivity index (χ3n) is 5.54. The zero-order valence-corrected chi connectivity index (χ0v) is 17.0. The van der Waals surface area contributed by atoms with Crippen LogP contribution in [0.5, 0.6) is 0 Å². The molecule has 0 aromatic heterocycles. The third-order valence-corrected chi connectivity index (χ3v) is 5.54. The molecule has 1 heterocycles. The van der Waals surface area contributed by atoms with Gasteiger partial charge in [0.15, 0.2) is 0 Å². The number of methoxy groups -OCH3 is 1. The molecule has 2 aromatic carbocycles. The van der Waals surface area contributed by atoms with Gasteiger partial charge >= 0.3 is 6.09 Å². The van der Waals surface area contributed by atoms with Gasteiger partial charge in [-0.05, 0) is 24.1 Å². The fourth-order valence-electron chi connectivity index (χ4n) is 4.07. The van der Waals surface area contributed by atoms with Gasteiger partial charge in [0, 0.05) is 45.9 Å². The summed E-state index contributed by atoms with van der Waals surface area (Å²) in [7, 11) is 1.78. The molecule has 1 aliphatic heterocycles. The minimum atomic E-state index is -0.972. The van der Waals surface area contributed by atoms with Gasteiger partial charge in [-0.3, -0.25) is 9.80 Å². The number of likely N-dealkylation sites (tertiary alicyclic amines) is 1. The minimum absolute atomic E-state index is 0.0843. The smallest absolute Gasteiger partial charge is 0.404 e. The monoisotopic (exact) mass is 397 g/mol. The zero-order valence-electron chi connectivity index (χ0n) is 17.0. The number of amides is 1. The van der Waals surface area contributed by atoms with Gasteiger partial charge < -0.3 is 15.2 Å². The normalized spacial score (nSPS) is 19.9. The first-order valence-corrected chi connectivity index (χ1v) is 10.2. The molecule has 0 saturated carbocycles. The molecule has 3 rings (SSSR count). The molecule has 6 heteroatoms. The van der Waals surface area contributed by atoms with Crippen molar-refractivity contribution in [3.05, 3.63) is 71.8 Å². The summed E-state index contributed by atoms with van der Waals surface area (Å²) in [6, 6.07) is 21.4. The molecule has 0 bridgehead atoms. The van der Waals surface area contributed by atoms with E-state index in [2.05, 4.69) is 63.6 Å². The molecule has 1 amide bonds. The van der Waals surface area contributed by atoms with Gasteiger partial charge in [0.2, 0.25) is 0 Å². The van der Waals surface area contributed by atoms with Gasteiger partial charge in [0.1, 0.15) is 0 Å². The number of ether oxygens (including phenoxy) is 1. The molecule has 1 aliphatic rings. The van der Waals surface area contributed by atoms with Crippen molar-refractivity contribution in [1.29, 1.82) is 0 Å². The van der Waals surface area contributed by atoms with Crippen LogP contribution < -0.4 is 5.32 Å². The highest BCUT2D eigenvalue weighted by Gasteiger charge is 2.33. The van der Waals surface area contributed by atoms with Crippen molar-refractivity contribution in [3.63, 3.8) is 0 Å². The number of hydrogen-bond acceptors (Lipinski definition) is 4. The van der Waals surface area contributed by atoms with E-state index in [0.29, 0.717) is 19.1 Å². The van der Waals surface area contributed by atoms with E-state index in [9.17, 15) is 4.79 Å². The molecular weight excluding hydrogens is 366 g/mol. The van der Waals surface area contributed by atoms with Gasteiger partial charge in [0.25, 0.3) is 0 Å². The number of benzene rings is 2. The second-order valence-electron chi connectivity index (χ2n) is 7.54. The number of carboxylic acid groups (broad SMARTS) is 1. The Labute approximate surface area is 173 Å². The number of rotatable bonds is 9. The van der Waals surface area contributed by atoms with Crippen molar-refractivity contribution in [2.24, 2.45) is 0 Å². The van der Waals surface area contributed by atoms with Gasteiger partial charge in [-0.25, -0.2) is 4.79 Å². The molecule has 2 atom stereocenters. The van der Waals surface area contributed by atoms with E-state index in [4.69, 9.17) is 9.84 Å². The lowest BCUT2D eigenvalue weighted by atomic mass is 9.98. The molecule has 6 nitrogen and oxygen atoms in total. The summed E-state index contributed by atoms with van der Waals surface area (Å²) in [5.41, 5.74) is 2.60. The highest BCUT2D eigenvalue weighted by atomic mass is 16.5. The summed E-state index contributed by atoms with van der Waals surface area (Å²) in [5.74, 6) is 0. The number of piperidine rings is 1. The largest absolute Gasteiger partial charge is 0.465 e. The molecule has 156 valence electrons. The Hall–Kier alpha value is -2.41. The van der Waals surface area contributed by atoms with Crippen LogP contribution in [-0.2, 0) is 17.8 Å². The highest BCUT2D eigenvalue weighted by molar-refractivity contribution is 5.64. The second kappa shape index (κ2) is 11.0. The average Bonchev–Trinajstić information content (AvgIpc) is 2.74. The van der Waals surface area contributed by atoms with Crippen LogP contribution in [0.3, 0.4) is 0 Å².